The molecule has 6 nitrogen and oxygen atoms in total. The van der Waals surface area contributed by atoms with Crippen molar-refractivity contribution in [2.24, 2.45) is 0 Å². The van der Waals surface area contributed by atoms with E-state index in [-0.39, 0.29) is 31.1 Å². The van der Waals surface area contributed by atoms with Crippen LogP contribution in [0.2, 0.25) is 0 Å². The molecule has 0 aliphatic carbocycles. The van der Waals surface area contributed by atoms with E-state index < -0.39 is 6.10 Å². The minimum absolute atomic E-state index is 0.0619. The van der Waals surface area contributed by atoms with Gasteiger partial charge in [0.1, 0.15) is 13.2 Å². The van der Waals surface area contributed by atoms with E-state index in [1.54, 1.807) is 0 Å². The van der Waals surface area contributed by atoms with Gasteiger partial charge in [-0.3, -0.25) is 14.4 Å². The Hall–Kier alpha value is -1.59. The number of hydrogen-bond donors (Lipinski definition) is 0. The topological polar surface area (TPSA) is 78.9 Å². The summed E-state index contributed by atoms with van der Waals surface area (Å²) in [4.78, 5) is 37.9. The Morgan fingerprint density at radius 3 is 0.690 bits per heavy atom. The molecule has 0 fully saturated rings. The maximum atomic E-state index is 12.7. The van der Waals surface area contributed by atoms with Crippen LogP contribution < -0.4 is 0 Å². The van der Waals surface area contributed by atoms with Crippen LogP contribution in [-0.2, 0) is 28.6 Å². The fourth-order valence-corrected chi connectivity index (χ4v) is 7.92. The first-order chi connectivity index (χ1) is 28.5. The lowest BCUT2D eigenvalue weighted by atomic mass is 10.0. The van der Waals surface area contributed by atoms with Crippen LogP contribution >= 0.6 is 0 Å². The summed E-state index contributed by atoms with van der Waals surface area (Å²) >= 11 is 0. The third-order valence-corrected chi connectivity index (χ3v) is 11.9. The molecule has 1 atom stereocenters. The number of hydrogen-bond acceptors (Lipinski definition) is 6. The van der Waals surface area contributed by atoms with Gasteiger partial charge in [-0.25, -0.2) is 0 Å². The molecule has 0 spiro atoms. The van der Waals surface area contributed by atoms with Gasteiger partial charge in [0.05, 0.1) is 0 Å². The zero-order chi connectivity index (χ0) is 42.3. The van der Waals surface area contributed by atoms with Crippen LogP contribution in [0.4, 0.5) is 0 Å². The first kappa shape index (κ1) is 56.4. The molecule has 344 valence electrons. The van der Waals surface area contributed by atoms with Gasteiger partial charge >= 0.3 is 17.9 Å². The molecule has 0 aromatic rings. The molecule has 0 saturated carbocycles. The van der Waals surface area contributed by atoms with E-state index in [0.717, 1.165) is 57.8 Å². The van der Waals surface area contributed by atoms with Crippen LogP contribution in [0.15, 0.2) is 0 Å². The van der Waals surface area contributed by atoms with Crippen molar-refractivity contribution in [1.82, 2.24) is 0 Å². The summed E-state index contributed by atoms with van der Waals surface area (Å²) in [6, 6.07) is 0. The summed E-state index contributed by atoms with van der Waals surface area (Å²) in [5.74, 6) is -0.843. The summed E-state index contributed by atoms with van der Waals surface area (Å²) in [6.45, 7) is 6.67. The summed E-state index contributed by atoms with van der Waals surface area (Å²) < 4.78 is 16.8. The monoisotopic (exact) mass is 821 g/mol. The Morgan fingerprint density at radius 1 is 0.276 bits per heavy atom. The van der Waals surface area contributed by atoms with Crippen molar-refractivity contribution in [3.8, 4) is 0 Å². The smallest absolute Gasteiger partial charge is 0.306 e. The second-order valence-corrected chi connectivity index (χ2v) is 17.8. The van der Waals surface area contributed by atoms with Gasteiger partial charge in [-0.1, -0.05) is 258 Å². The van der Waals surface area contributed by atoms with E-state index in [4.69, 9.17) is 14.2 Å². The number of carbonyl (C=O) groups is 3. The van der Waals surface area contributed by atoms with Gasteiger partial charge < -0.3 is 14.2 Å². The van der Waals surface area contributed by atoms with Gasteiger partial charge in [-0.15, -0.1) is 0 Å². The summed E-state index contributed by atoms with van der Waals surface area (Å²) in [5.41, 5.74) is 0. The number of rotatable bonds is 48. The molecular formula is C52H100O6. The quantitative estimate of drug-likeness (QED) is 0.0346. The van der Waals surface area contributed by atoms with Crippen LogP contribution in [0, 0.1) is 0 Å². The molecule has 0 aromatic carbocycles. The Labute approximate surface area is 361 Å². The van der Waals surface area contributed by atoms with E-state index in [1.165, 1.54) is 199 Å². The average molecular weight is 821 g/mol. The second-order valence-electron chi connectivity index (χ2n) is 17.8. The Balaban J connectivity index is 4.23. The molecule has 0 bridgehead atoms. The third-order valence-electron chi connectivity index (χ3n) is 11.9. The molecule has 0 saturated heterocycles. The van der Waals surface area contributed by atoms with Crippen molar-refractivity contribution in [3.05, 3.63) is 0 Å². The van der Waals surface area contributed by atoms with Crippen molar-refractivity contribution in [1.29, 1.82) is 0 Å². The van der Waals surface area contributed by atoms with Gasteiger partial charge in [-0.2, -0.15) is 0 Å². The lowest BCUT2D eigenvalue weighted by Gasteiger charge is -2.18. The zero-order valence-electron chi connectivity index (χ0n) is 39.3. The predicted octanol–water partition coefficient (Wildman–Crippen LogP) is 16.8. The summed E-state index contributed by atoms with van der Waals surface area (Å²) in [6.07, 6.45) is 50.9. The number of carbonyl (C=O) groups excluding carboxylic acids is 3. The second kappa shape index (κ2) is 48.1. The Kier molecular flexibility index (Phi) is 46.8. The van der Waals surface area contributed by atoms with Crippen molar-refractivity contribution < 1.29 is 28.6 Å². The fraction of sp³-hybridized carbons (Fsp3) is 0.942. The van der Waals surface area contributed by atoms with E-state index in [1.807, 2.05) is 0 Å². The number of ether oxygens (including phenoxy) is 3. The highest BCUT2D eigenvalue weighted by Crippen LogP contribution is 2.17. The van der Waals surface area contributed by atoms with Crippen molar-refractivity contribution in [2.45, 2.75) is 303 Å². The maximum Gasteiger partial charge on any atom is 0.306 e. The van der Waals surface area contributed by atoms with Gasteiger partial charge in [0, 0.05) is 19.3 Å². The van der Waals surface area contributed by atoms with Crippen molar-refractivity contribution in [2.75, 3.05) is 13.2 Å². The van der Waals surface area contributed by atoms with Crippen molar-refractivity contribution in [3.63, 3.8) is 0 Å². The normalized spacial score (nSPS) is 11.8. The van der Waals surface area contributed by atoms with Crippen LogP contribution in [0.25, 0.3) is 0 Å². The molecule has 0 rings (SSSR count). The SMILES string of the molecule is CCCCCCCCCCCCCCCCCCCCC(=O)OCC(COC(=O)CCCCCCCCCCCC)OC(=O)CCCCCCCCCCCCCC. The molecule has 0 aromatic heterocycles. The maximum absolute atomic E-state index is 12.7. The van der Waals surface area contributed by atoms with E-state index in [9.17, 15) is 14.4 Å². The molecule has 0 aliphatic heterocycles. The predicted molar refractivity (Wildman–Crippen MR) is 247 cm³/mol. The van der Waals surface area contributed by atoms with E-state index in [0.29, 0.717) is 19.3 Å². The largest absolute Gasteiger partial charge is 0.462 e. The van der Waals surface area contributed by atoms with Crippen LogP contribution in [0.1, 0.15) is 297 Å². The first-order valence-corrected chi connectivity index (χ1v) is 26.0. The van der Waals surface area contributed by atoms with Gasteiger partial charge in [0.15, 0.2) is 6.10 Å². The molecule has 6 heteroatoms. The molecule has 1 unspecified atom stereocenters. The van der Waals surface area contributed by atoms with Crippen LogP contribution in [-0.4, -0.2) is 37.2 Å². The van der Waals surface area contributed by atoms with Crippen molar-refractivity contribution >= 4 is 17.9 Å². The fourth-order valence-electron chi connectivity index (χ4n) is 7.92. The molecular weight excluding hydrogens is 721 g/mol. The van der Waals surface area contributed by atoms with E-state index in [2.05, 4.69) is 20.8 Å². The standard InChI is InChI=1S/C52H100O6/c1-4-7-10-13-16-19-22-24-25-26-27-28-29-31-33-36-39-42-45-51(54)57-48-49(47-56-50(53)44-41-38-35-32-21-18-15-12-9-6-3)58-52(55)46-43-40-37-34-30-23-20-17-14-11-8-5-2/h49H,4-48H2,1-3H3. The lowest BCUT2D eigenvalue weighted by molar-refractivity contribution is -0.167. The zero-order valence-corrected chi connectivity index (χ0v) is 39.3. The average Bonchev–Trinajstić information content (AvgIpc) is 3.22. The highest BCUT2D eigenvalue weighted by atomic mass is 16.6. The first-order valence-electron chi connectivity index (χ1n) is 26.0. The van der Waals surface area contributed by atoms with Gasteiger partial charge in [-0.05, 0) is 19.3 Å². The van der Waals surface area contributed by atoms with Gasteiger partial charge in [0.25, 0.3) is 0 Å². The molecule has 58 heavy (non-hydrogen) atoms. The number of esters is 3. The third kappa shape index (κ3) is 45.5. The lowest BCUT2D eigenvalue weighted by Crippen LogP contribution is -2.30. The minimum Gasteiger partial charge on any atom is -0.462 e. The number of unbranched alkanes of at least 4 members (excludes halogenated alkanes) is 37. The van der Waals surface area contributed by atoms with Gasteiger partial charge in [0.2, 0.25) is 0 Å². The summed E-state index contributed by atoms with van der Waals surface area (Å²) in [7, 11) is 0. The molecule has 0 aliphatic rings. The highest BCUT2D eigenvalue weighted by Gasteiger charge is 2.19. The highest BCUT2D eigenvalue weighted by molar-refractivity contribution is 5.71. The molecule has 0 radical (unpaired) electrons. The molecule has 0 amide bonds. The van der Waals surface area contributed by atoms with Crippen LogP contribution in [0.5, 0.6) is 0 Å². The Bertz CT molecular complexity index is 859. The van der Waals surface area contributed by atoms with Crippen LogP contribution in [0.3, 0.4) is 0 Å². The minimum atomic E-state index is -0.759. The molecule has 0 heterocycles. The Morgan fingerprint density at radius 2 is 0.466 bits per heavy atom. The molecule has 0 N–H and O–H groups in total. The summed E-state index contributed by atoms with van der Waals surface area (Å²) in [5, 5.41) is 0. The van der Waals surface area contributed by atoms with E-state index >= 15 is 0 Å².